The lowest BCUT2D eigenvalue weighted by Crippen LogP contribution is -2.40. The number of hydrogen-bond donors (Lipinski definition) is 1. The van der Waals surface area contributed by atoms with E-state index in [9.17, 15) is 13.6 Å². The van der Waals surface area contributed by atoms with Gasteiger partial charge in [-0.2, -0.15) is 0 Å². The number of carbonyl (C=O) groups is 1. The number of fused-ring (bicyclic) bond motifs is 1. The van der Waals surface area contributed by atoms with Crippen LogP contribution in [0.4, 0.5) is 8.78 Å². The molecule has 1 aliphatic heterocycles. The molecule has 0 unspecified atom stereocenters. The Labute approximate surface area is 126 Å². The highest BCUT2D eigenvalue weighted by Crippen LogP contribution is 2.25. The monoisotopic (exact) mass is 303 g/mol. The molecule has 0 radical (unpaired) electrons. The van der Waals surface area contributed by atoms with Gasteiger partial charge in [-0.05, 0) is 24.6 Å². The number of halogens is 2. The van der Waals surface area contributed by atoms with Crippen LogP contribution in [0.25, 0.3) is 11.3 Å². The summed E-state index contributed by atoms with van der Waals surface area (Å²) in [6, 6.07) is 3.44. The second kappa shape index (κ2) is 5.71. The molecule has 1 aromatic carbocycles. The summed E-state index contributed by atoms with van der Waals surface area (Å²) < 4.78 is 28.7. The number of carbonyl (C=O) groups excluding carboxylic acids is 1. The number of imidazole rings is 1. The van der Waals surface area contributed by atoms with Gasteiger partial charge in [0, 0.05) is 36.8 Å². The Kier molecular flexibility index (Phi) is 3.75. The third-order valence-electron chi connectivity index (χ3n) is 3.73. The number of nitrogens with zero attached hydrogens (tertiary/aromatic N) is 2. The highest BCUT2D eigenvalue weighted by Gasteiger charge is 2.22. The fourth-order valence-corrected chi connectivity index (χ4v) is 2.65. The molecule has 0 saturated carbocycles. The van der Waals surface area contributed by atoms with Crippen molar-refractivity contribution in [2.45, 2.75) is 25.4 Å². The second-order valence-electron chi connectivity index (χ2n) is 5.27. The Morgan fingerprint density at radius 3 is 3.00 bits per heavy atom. The van der Waals surface area contributed by atoms with Crippen molar-refractivity contribution in [2.75, 3.05) is 0 Å². The van der Waals surface area contributed by atoms with E-state index in [4.69, 9.17) is 0 Å². The number of amides is 1. The molecular formula is C16H15F2N3O. The van der Waals surface area contributed by atoms with Crippen molar-refractivity contribution in [1.29, 1.82) is 0 Å². The molecule has 0 spiro atoms. The zero-order valence-electron chi connectivity index (χ0n) is 11.9. The Morgan fingerprint density at radius 2 is 2.27 bits per heavy atom. The minimum Gasteiger partial charge on any atom is -0.348 e. The summed E-state index contributed by atoms with van der Waals surface area (Å²) in [5, 5.41) is 2.85. The van der Waals surface area contributed by atoms with Crippen LogP contribution >= 0.6 is 0 Å². The minimum absolute atomic E-state index is 0.00175. The third-order valence-corrected chi connectivity index (χ3v) is 3.73. The maximum Gasteiger partial charge on any atom is 0.243 e. The van der Waals surface area contributed by atoms with Crippen LogP contribution in [0.1, 0.15) is 12.2 Å². The van der Waals surface area contributed by atoms with Crippen LogP contribution in [0.5, 0.6) is 0 Å². The van der Waals surface area contributed by atoms with Gasteiger partial charge in [-0.25, -0.2) is 13.8 Å². The van der Waals surface area contributed by atoms with Gasteiger partial charge in [0.25, 0.3) is 0 Å². The molecule has 22 heavy (non-hydrogen) atoms. The molecule has 6 heteroatoms. The summed E-state index contributed by atoms with van der Waals surface area (Å²) in [6.07, 6.45) is 4.42. The molecule has 4 nitrogen and oxygen atoms in total. The highest BCUT2D eigenvalue weighted by atomic mass is 19.1. The van der Waals surface area contributed by atoms with Gasteiger partial charge >= 0.3 is 0 Å². The Morgan fingerprint density at radius 1 is 1.45 bits per heavy atom. The van der Waals surface area contributed by atoms with Gasteiger partial charge in [-0.1, -0.05) is 6.58 Å². The van der Waals surface area contributed by atoms with Crippen molar-refractivity contribution in [2.24, 2.45) is 0 Å². The van der Waals surface area contributed by atoms with Crippen LogP contribution in [-0.2, 0) is 17.8 Å². The van der Waals surface area contributed by atoms with Crippen LogP contribution in [-0.4, -0.2) is 21.5 Å². The van der Waals surface area contributed by atoms with Gasteiger partial charge in [0.15, 0.2) is 0 Å². The average molecular weight is 303 g/mol. The molecule has 2 aromatic rings. The lowest BCUT2D eigenvalue weighted by molar-refractivity contribution is -0.117. The number of hydrogen-bond acceptors (Lipinski definition) is 2. The molecule has 1 aliphatic rings. The van der Waals surface area contributed by atoms with Gasteiger partial charge in [0.1, 0.15) is 17.5 Å². The topological polar surface area (TPSA) is 46.9 Å². The van der Waals surface area contributed by atoms with E-state index in [2.05, 4.69) is 16.9 Å². The summed E-state index contributed by atoms with van der Waals surface area (Å²) in [7, 11) is 0. The zero-order chi connectivity index (χ0) is 15.7. The molecular weight excluding hydrogens is 288 g/mol. The summed E-state index contributed by atoms with van der Waals surface area (Å²) >= 11 is 0. The van der Waals surface area contributed by atoms with Crippen LogP contribution < -0.4 is 5.32 Å². The quantitative estimate of drug-likeness (QED) is 0.885. The molecule has 0 bridgehead atoms. The predicted octanol–water partition coefficient (Wildman–Crippen LogP) is 2.45. The maximum absolute atomic E-state index is 13.8. The number of rotatable bonds is 3. The van der Waals surface area contributed by atoms with Crippen molar-refractivity contribution in [3.8, 4) is 11.3 Å². The molecule has 1 amide bonds. The molecule has 2 heterocycles. The van der Waals surface area contributed by atoms with Crippen LogP contribution in [0.3, 0.4) is 0 Å². The minimum atomic E-state index is -0.632. The number of benzene rings is 1. The van der Waals surface area contributed by atoms with Crippen molar-refractivity contribution in [1.82, 2.24) is 14.9 Å². The van der Waals surface area contributed by atoms with Gasteiger partial charge in [0.2, 0.25) is 5.91 Å². The summed E-state index contributed by atoms with van der Waals surface area (Å²) in [5.41, 5.74) is 0.748. The second-order valence-corrected chi connectivity index (χ2v) is 5.27. The molecule has 0 fully saturated rings. The summed E-state index contributed by atoms with van der Waals surface area (Å²) in [5.74, 6) is -0.620. The fraction of sp³-hybridized carbons (Fsp3) is 0.250. The first-order valence-electron chi connectivity index (χ1n) is 7.01. The van der Waals surface area contributed by atoms with E-state index in [0.717, 1.165) is 18.3 Å². The van der Waals surface area contributed by atoms with Crippen molar-refractivity contribution < 1.29 is 13.6 Å². The molecule has 3 rings (SSSR count). The van der Waals surface area contributed by atoms with E-state index < -0.39 is 11.6 Å². The molecule has 1 atom stereocenters. The van der Waals surface area contributed by atoms with Gasteiger partial charge < -0.3 is 9.88 Å². The van der Waals surface area contributed by atoms with E-state index in [1.165, 1.54) is 18.2 Å². The van der Waals surface area contributed by atoms with Crippen LogP contribution in [0.15, 0.2) is 37.1 Å². The molecule has 114 valence electrons. The van der Waals surface area contributed by atoms with E-state index in [-0.39, 0.29) is 17.5 Å². The largest absolute Gasteiger partial charge is 0.348 e. The Balaban J connectivity index is 1.84. The first-order valence-corrected chi connectivity index (χ1v) is 7.01. The average Bonchev–Trinajstić information content (AvgIpc) is 2.89. The number of aromatic nitrogens is 2. The summed E-state index contributed by atoms with van der Waals surface area (Å²) in [6.45, 7) is 4.00. The van der Waals surface area contributed by atoms with Crippen molar-refractivity contribution >= 4 is 5.91 Å². The van der Waals surface area contributed by atoms with E-state index >= 15 is 0 Å². The first kappa shape index (κ1) is 14.4. The third kappa shape index (κ3) is 2.77. The summed E-state index contributed by atoms with van der Waals surface area (Å²) in [4.78, 5) is 15.8. The molecule has 0 saturated heterocycles. The van der Waals surface area contributed by atoms with Crippen LogP contribution in [0, 0.1) is 11.6 Å². The maximum atomic E-state index is 13.8. The van der Waals surface area contributed by atoms with Crippen LogP contribution in [0.2, 0.25) is 0 Å². The number of nitrogens with one attached hydrogen (secondary N) is 1. The van der Waals surface area contributed by atoms with Gasteiger partial charge in [0.05, 0.1) is 5.69 Å². The molecule has 1 N–H and O–H groups in total. The molecule has 1 aromatic heterocycles. The van der Waals surface area contributed by atoms with E-state index in [1.54, 1.807) is 6.20 Å². The SMILES string of the molecule is C=CC(=O)N[C@@H]1CCc2nc(-c3ccc(F)cc3F)cn2C1. The Hall–Kier alpha value is -2.50. The molecule has 0 aliphatic carbocycles. The lowest BCUT2D eigenvalue weighted by Gasteiger charge is -2.24. The predicted molar refractivity (Wildman–Crippen MR) is 78.0 cm³/mol. The first-order chi connectivity index (χ1) is 10.6. The number of aryl methyl sites for hydroxylation is 1. The smallest absolute Gasteiger partial charge is 0.243 e. The van der Waals surface area contributed by atoms with Crippen molar-refractivity contribution in [3.63, 3.8) is 0 Å². The fourth-order valence-electron chi connectivity index (χ4n) is 2.65. The van der Waals surface area contributed by atoms with E-state index in [1.807, 2.05) is 4.57 Å². The Bertz CT molecular complexity index is 739. The van der Waals surface area contributed by atoms with E-state index in [0.29, 0.717) is 18.7 Å². The normalized spacial score (nSPS) is 16.9. The van der Waals surface area contributed by atoms with Gasteiger partial charge in [-0.3, -0.25) is 4.79 Å². The highest BCUT2D eigenvalue weighted by molar-refractivity contribution is 5.87. The van der Waals surface area contributed by atoms with Crippen molar-refractivity contribution in [3.05, 3.63) is 54.5 Å². The lowest BCUT2D eigenvalue weighted by atomic mass is 10.1. The zero-order valence-corrected chi connectivity index (χ0v) is 11.9. The van der Waals surface area contributed by atoms with Gasteiger partial charge in [-0.15, -0.1) is 0 Å². The standard InChI is InChI=1S/C16H15F2N3O/c1-2-16(22)19-11-4-6-15-20-14(9-21(15)8-11)12-5-3-10(17)7-13(12)18/h2-3,5,7,9,11H,1,4,6,8H2,(H,19,22)/t11-/m1/s1.